The largest absolute Gasteiger partial charge is 0.383 e. The lowest BCUT2D eigenvalue weighted by atomic mass is 9.96. The summed E-state index contributed by atoms with van der Waals surface area (Å²) in [6.45, 7) is 6.15. The number of nitrogens with two attached hydrogens (primary N) is 1. The Labute approximate surface area is 120 Å². The van der Waals surface area contributed by atoms with Gasteiger partial charge in [0.1, 0.15) is 23.2 Å². The summed E-state index contributed by atoms with van der Waals surface area (Å²) in [6, 6.07) is 4.76. The van der Waals surface area contributed by atoms with Gasteiger partial charge in [-0.1, -0.05) is 36.7 Å². The Balaban J connectivity index is 2.67. The number of halogens is 2. The molecule has 0 amide bonds. The summed E-state index contributed by atoms with van der Waals surface area (Å²) in [4.78, 5) is 4.53. The second-order valence-corrected chi connectivity index (χ2v) is 6.52. The van der Waals surface area contributed by atoms with E-state index in [0.717, 1.165) is 10.3 Å². The fourth-order valence-electron chi connectivity index (χ4n) is 2.06. The molecule has 1 aromatic carbocycles. The smallest absolute Gasteiger partial charge is 0.132 e. The summed E-state index contributed by atoms with van der Waals surface area (Å²) in [6.07, 6.45) is 0. The number of hydrogen-bond acceptors (Lipinski definition) is 2. The zero-order valence-electron chi connectivity index (χ0n) is 11.5. The molecule has 2 rings (SSSR count). The Morgan fingerprint density at radius 2 is 1.95 bits per heavy atom. The minimum absolute atomic E-state index is 0.149. The van der Waals surface area contributed by atoms with Gasteiger partial charge in [0, 0.05) is 22.5 Å². The lowest BCUT2D eigenvalue weighted by Crippen LogP contribution is -2.17. The first-order valence-corrected chi connectivity index (χ1v) is 6.79. The summed E-state index contributed by atoms with van der Waals surface area (Å²) in [7, 11) is 1.85. The highest BCUT2D eigenvalue weighted by Gasteiger charge is 2.24. The highest BCUT2D eigenvalue weighted by atomic mass is 79.9. The van der Waals surface area contributed by atoms with E-state index in [-0.39, 0.29) is 11.2 Å². The van der Waals surface area contributed by atoms with Crippen LogP contribution in [0.25, 0.3) is 11.3 Å². The number of hydrogen-bond donors (Lipinski definition) is 1. The maximum Gasteiger partial charge on any atom is 0.132 e. The molecule has 0 aliphatic carbocycles. The third kappa shape index (κ3) is 2.52. The predicted molar refractivity (Wildman–Crippen MR) is 79.4 cm³/mol. The van der Waals surface area contributed by atoms with Crippen molar-refractivity contribution in [2.75, 3.05) is 5.73 Å². The van der Waals surface area contributed by atoms with Gasteiger partial charge in [-0.15, -0.1) is 0 Å². The number of nitrogen functional groups attached to an aromatic ring is 1. The summed E-state index contributed by atoms with van der Waals surface area (Å²) in [5.41, 5.74) is 6.83. The molecule has 1 heterocycles. The van der Waals surface area contributed by atoms with Gasteiger partial charge < -0.3 is 10.3 Å². The van der Waals surface area contributed by atoms with E-state index in [1.807, 2.05) is 11.6 Å². The fraction of sp³-hybridized carbons (Fsp3) is 0.357. The van der Waals surface area contributed by atoms with Crippen molar-refractivity contribution in [2.24, 2.45) is 7.05 Å². The second kappa shape index (κ2) is 4.63. The van der Waals surface area contributed by atoms with E-state index in [4.69, 9.17) is 5.73 Å². The SMILES string of the molecule is Cn1c(C(C)(C)C)nc(-c2cc(Br)ccc2F)c1N. The minimum Gasteiger partial charge on any atom is -0.383 e. The van der Waals surface area contributed by atoms with Crippen molar-refractivity contribution in [1.82, 2.24) is 9.55 Å². The molecule has 5 heteroatoms. The molecule has 0 spiro atoms. The maximum absolute atomic E-state index is 13.9. The number of benzene rings is 1. The molecule has 0 unspecified atom stereocenters. The molecule has 0 saturated carbocycles. The molecule has 0 atom stereocenters. The normalized spacial score (nSPS) is 11.9. The summed E-state index contributed by atoms with van der Waals surface area (Å²) in [5, 5.41) is 0. The van der Waals surface area contributed by atoms with Crippen LogP contribution in [0.4, 0.5) is 10.2 Å². The molecule has 1 aromatic heterocycles. The molecule has 2 aromatic rings. The van der Waals surface area contributed by atoms with E-state index >= 15 is 0 Å². The number of rotatable bonds is 1. The number of aromatic nitrogens is 2. The third-order valence-electron chi connectivity index (χ3n) is 2.99. The Kier molecular flexibility index (Phi) is 3.43. The van der Waals surface area contributed by atoms with E-state index in [2.05, 4.69) is 41.7 Å². The molecule has 0 aliphatic rings. The molecule has 19 heavy (non-hydrogen) atoms. The third-order valence-corrected chi connectivity index (χ3v) is 3.49. The van der Waals surface area contributed by atoms with E-state index in [1.54, 1.807) is 12.1 Å². The molecule has 0 saturated heterocycles. The van der Waals surface area contributed by atoms with Crippen LogP contribution in [0.15, 0.2) is 22.7 Å². The minimum atomic E-state index is -0.326. The molecule has 2 N–H and O–H groups in total. The molecular weight excluding hydrogens is 309 g/mol. The molecule has 0 radical (unpaired) electrons. The first-order valence-electron chi connectivity index (χ1n) is 6.00. The standard InChI is InChI=1S/C14H17BrFN3/c1-14(2,3)13-18-11(12(17)19(13)4)9-7-8(15)5-6-10(9)16/h5-7H,17H2,1-4H3. The average Bonchev–Trinajstić information content (AvgIpc) is 2.59. The van der Waals surface area contributed by atoms with Crippen molar-refractivity contribution >= 4 is 21.7 Å². The number of imidazole rings is 1. The van der Waals surface area contributed by atoms with Gasteiger partial charge in [0.25, 0.3) is 0 Å². The van der Waals surface area contributed by atoms with E-state index < -0.39 is 0 Å². The average molecular weight is 326 g/mol. The fourth-order valence-corrected chi connectivity index (χ4v) is 2.42. The van der Waals surface area contributed by atoms with Gasteiger partial charge in [0.05, 0.1) is 0 Å². The zero-order valence-corrected chi connectivity index (χ0v) is 13.0. The van der Waals surface area contributed by atoms with E-state index in [1.165, 1.54) is 6.07 Å². The van der Waals surface area contributed by atoms with Crippen molar-refractivity contribution in [3.63, 3.8) is 0 Å². The summed E-state index contributed by atoms with van der Waals surface area (Å²) >= 11 is 3.34. The predicted octanol–water partition coefficient (Wildman–Crippen LogP) is 3.87. The maximum atomic E-state index is 13.9. The number of anilines is 1. The first-order chi connectivity index (χ1) is 8.71. The van der Waals surface area contributed by atoms with Crippen LogP contribution in [-0.4, -0.2) is 9.55 Å². The Morgan fingerprint density at radius 1 is 1.32 bits per heavy atom. The first kappa shape index (κ1) is 14.1. The van der Waals surface area contributed by atoms with Crippen molar-refractivity contribution < 1.29 is 4.39 Å². The molecule has 3 nitrogen and oxygen atoms in total. The van der Waals surface area contributed by atoms with Gasteiger partial charge in [-0.05, 0) is 18.2 Å². The van der Waals surface area contributed by atoms with Crippen LogP contribution in [0.2, 0.25) is 0 Å². The van der Waals surface area contributed by atoms with Crippen molar-refractivity contribution in [3.05, 3.63) is 34.3 Å². The Hall–Kier alpha value is -1.36. The van der Waals surface area contributed by atoms with Crippen LogP contribution in [0.5, 0.6) is 0 Å². The van der Waals surface area contributed by atoms with Gasteiger partial charge >= 0.3 is 0 Å². The van der Waals surface area contributed by atoms with Crippen LogP contribution < -0.4 is 5.73 Å². The van der Waals surface area contributed by atoms with Crippen molar-refractivity contribution in [2.45, 2.75) is 26.2 Å². The number of nitrogens with zero attached hydrogens (tertiary/aromatic N) is 2. The molecule has 0 fully saturated rings. The van der Waals surface area contributed by atoms with Gasteiger partial charge in [0.2, 0.25) is 0 Å². The van der Waals surface area contributed by atoms with Gasteiger partial charge in [-0.3, -0.25) is 0 Å². The Bertz CT molecular complexity index is 626. The van der Waals surface area contributed by atoms with Crippen LogP contribution in [0.1, 0.15) is 26.6 Å². The quantitative estimate of drug-likeness (QED) is 0.864. The highest BCUT2D eigenvalue weighted by molar-refractivity contribution is 9.10. The molecule has 0 bridgehead atoms. The van der Waals surface area contributed by atoms with Crippen LogP contribution in [0, 0.1) is 5.82 Å². The molecule has 0 aliphatic heterocycles. The topological polar surface area (TPSA) is 43.8 Å². The molecular formula is C14H17BrFN3. The molecule has 102 valence electrons. The van der Waals surface area contributed by atoms with Gasteiger partial charge in [0.15, 0.2) is 0 Å². The second-order valence-electron chi connectivity index (χ2n) is 5.60. The van der Waals surface area contributed by atoms with Gasteiger partial charge in [-0.2, -0.15) is 0 Å². The van der Waals surface area contributed by atoms with Crippen molar-refractivity contribution in [3.8, 4) is 11.3 Å². The highest BCUT2D eigenvalue weighted by Crippen LogP contribution is 2.33. The lowest BCUT2D eigenvalue weighted by molar-refractivity contribution is 0.524. The van der Waals surface area contributed by atoms with E-state index in [0.29, 0.717) is 17.1 Å². The van der Waals surface area contributed by atoms with Crippen molar-refractivity contribution in [1.29, 1.82) is 0 Å². The van der Waals surface area contributed by atoms with Gasteiger partial charge in [-0.25, -0.2) is 9.37 Å². The van der Waals surface area contributed by atoms with Crippen LogP contribution in [-0.2, 0) is 12.5 Å². The summed E-state index contributed by atoms with van der Waals surface area (Å²) < 4.78 is 16.6. The lowest BCUT2D eigenvalue weighted by Gasteiger charge is -2.17. The van der Waals surface area contributed by atoms with Crippen LogP contribution >= 0.6 is 15.9 Å². The zero-order chi connectivity index (χ0) is 14.4. The summed E-state index contributed by atoms with van der Waals surface area (Å²) in [5.74, 6) is 0.981. The Morgan fingerprint density at radius 3 is 2.47 bits per heavy atom. The van der Waals surface area contributed by atoms with Crippen LogP contribution in [0.3, 0.4) is 0 Å². The van der Waals surface area contributed by atoms with E-state index in [9.17, 15) is 4.39 Å². The monoisotopic (exact) mass is 325 g/mol.